The van der Waals surface area contributed by atoms with Crippen LogP contribution < -0.4 is 0 Å². The van der Waals surface area contributed by atoms with Crippen molar-refractivity contribution in [2.75, 3.05) is 19.0 Å². The monoisotopic (exact) mass is 220 g/mol. The number of nitrogens with zero attached hydrogens (tertiary/aromatic N) is 1. The van der Waals surface area contributed by atoms with Crippen LogP contribution in [-0.2, 0) is 4.74 Å². The molecule has 3 nitrogen and oxygen atoms in total. The fourth-order valence-corrected chi connectivity index (χ4v) is 2.51. The summed E-state index contributed by atoms with van der Waals surface area (Å²) in [6, 6.07) is 8.12. The van der Waals surface area contributed by atoms with Crippen LogP contribution in [0.3, 0.4) is 0 Å². The summed E-state index contributed by atoms with van der Waals surface area (Å²) in [6.07, 6.45) is 0. The lowest BCUT2D eigenvalue weighted by Gasteiger charge is -2.24. The number of thioether (sulfide) groups is 1. The van der Waals surface area contributed by atoms with Crippen LogP contribution in [0.4, 0.5) is 0 Å². The predicted octanol–water partition coefficient (Wildman–Crippen LogP) is 2.30. The average Bonchev–Trinajstić information content (AvgIpc) is 2.57. The summed E-state index contributed by atoms with van der Waals surface area (Å²) in [6.45, 7) is 1.82. The van der Waals surface area contributed by atoms with Gasteiger partial charge in [-0.1, -0.05) is 23.9 Å². The van der Waals surface area contributed by atoms with Crippen LogP contribution in [0.25, 0.3) is 11.0 Å². The first-order chi connectivity index (χ1) is 7.42. The molecule has 0 bridgehead atoms. The van der Waals surface area contributed by atoms with Crippen LogP contribution in [-0.4, -0.2) is 28.9 Å². The van der Waals surface area contributed by atoms with Gasteiger partial charge in [0.15, 0.2) is 5.16 Å². The van der Waals surface area contributed by atoms with E-state index in [0.717, 1.165) is 35.2 Å². The molecule has 2 heterocycles. The minimum atomic E-state index is 0.711. The van der Waals surface area contributed by atoms with E-state index < -0.39 is 0 Å². The highest BCUT2D eigenvalue weighted by Crippen LogP contribution is 2.23. The van der Waals surface area contributed by atoms with E-state index in [1.54, 1.807) is 11.8 Å². The molecule has 0 spiro atoms. The summed E-state index contributed by atoms with van der Waals surface area (Å²) in [5, 5.41) is 1.02. The zero-order chi connectivity index (χ0) is 10.1. The number of H-pyrrole nitrogens is 1. The second-order valence-corrected chi connectivity index (χ2v) is 4.78. The maximum absolute atomic E-state index is 5.14. The third-order valence-electron chi connectivity index (χ3n) is 2.53. The van der Waals surface area contributed by atoms with Crippen molar-refractivity contribution in [1.82, 2.24) is 9.97 Å². The van der Waals surface area contributed by atoms with Crippen molar-refractivity contribution in [3.05, 3.63) is 24.3 Å². The summed E-state index contributed by atoms with van der Waals surface area (Å²) < 4.78 is 5.14. The molecule has 1 fully saturated rings. The van der Waals surface area contributed by atoms with E-state index in [-0.39, 0.29) is 0 Å². The largest absolute Gasteiger partial charge is 0.381 e. The Hall–Kier alpha value is -1.00. The maximum atomic E-state index is 5.14. The minimum Gasteiger partial charge on any atom is -0.381 e. The zero-order valence-electron chi connectivity index (χ0n) is 8.27. The standard InChI is InChI=1S/C11H12N2OS/c1-2-4-10-9(3-1)12-11(13-10)15-7-8-5-14-6-8/h1-4,8H,5-7H2,(H,12,13). The predicted molar refractivity (Wildman–Crippen MR) is 61.1 cm³/mol. The number of aromatic amines is 1. The number of hydrogen-bond donors (Lipinski definition) is 1. The number of benzene rings is 1. The van der Waals surface area contributed by atoms with Crippen molar-refractivity contribution >= 4 is 22.8 Å². The number of ether oxygens (including phenoxy) is 1. The van der Waals surface area contributed by atoms with Gasteiger partial charge in [0, 0.05) is 11.7 Å². The lowest BCUT2D eigenvalue weighted by atomic mass is 10.1. The molecule has 1 aliphatic rings. The Morgan fingerprint density at radius 2 is 2.27 bits per heavy atom. The fraction of sp³-hybridized carbons (Fsp3) is 0.364. The summed E-state index contributed by atoms with van der Waals surface area (Å²) in [4.78, 5) is 7.82. The molecule has 78 valence electrons. The summed E-state index contributed by atoms with van der Waals surface area (Å²) in [7, 11) is 0. The molecule has 1 aliphatic heterocycles. The molecular weight excluding hydrogens is 208 g/mol. The van der Waals surface area contributed by atoms with E-state index in [9.17, 15) is 0 Å². The van der Waals surface area contributed by atoms with Gasteiger partial charge in [-0.2, -0.15) is 0 Å². The van der Waals surface area contributed by atoms with Gasteiger partial charge in [0.25, 0.3) is 0 Å². The number of para-hydroxylation sites is 2. The highest BCUT2D eigenvalue weighted by Gasteiger charge is 2.18. The quantitative estimate of drug-likeness (QED) is 0.806. The first-order valence-corrected chi connectivity index (χ1v) is 6.06. The van der Waals surface area contributed by atoms with Crippen LogP contribution in [0, 0.1) is 5.92 Å². The second kappa shape index (κ2) is 3.87. The second-order valence-electron chi connectivity index (χ2n) is 3.77. The smallest absolute Gasteiger partial charge is 0.166 e. The highest BCUT2D eigenvalue weighted by molar-refractivity contribution is 7.99. The first kappa shape index (κ1) is 9.24. The normalized spacial score (nSPS) is 16.8. The molecule has 0 amide bonds. The molecule has 1 aromatic heterocycles. The van der Waals surface area contributed by atoms with Crippen molar-refractivity contribution in [3.63, 3.8) is 0 Å². The molecule has 4 heteroatoms. The van der Waals surface area contributed by atoms with Gasteiger partial charge in [-0.05, 0) is 12.1 Å². The number of nitrogens with one attached hydrogen (secondary N) is 1. The van der Waals surface area contributed by atoms with E-state index in [2.05, 4.69) is 16.0 Å². The number of hydrogen-bond acceptors (Lipinski definition) is 3. The molecule has 1 saturated heterocycles. The van der Waals surface area contributed by atoms with Crippen molar-refractivity contribution in [2.24, 2.45) is 5.92 Å². The van der Waals surface area contributed by atoms with E-state index >= 15 is 0 Å². The molecule has 0 aliphatic carbocycles. The molecule has 15 heavy (non-hydrogen) atoms. The molecule has 0 saturated carbocycles. The first-order valence-electron chi connectivity index (χ1n) is 5.07. The summed E-state index contributed by atoms with van der Waals surface area (Å²) in [5.41, 5.74) is 2.16. The third kappa shape index (κ3) is 1.87. The van der Waals surface area contributed by atoms with Gasteiger partial charge in [0.2, 0.25) is 0 Å². The topological polar surface area (TPSA) is 37.9 Å². The number of rotatable bonds is 3. The van der Waals surface area contributed by atoms with Crippen molar-refractivity contribution < 1.29 is 4.74 Å². The maximum Gasteiger partial charge on any atom is 0.166 e. The Labute approximate surface area is 92.2 Å². The van der Waals surface area contributed by atoms with Gasteiger partial charge >= 0.3 is 0 Å². The number of imidazole rings is 1. The fourth-order valence-electron chi connectivity index (χ4n) is 1.58. The zero-order valence-corrected chi connectivity index (χ0v) is 9.09. The van der Waals surface area contributed by atoms with Crippen molar-refractivity contribution in [3.8, 4) is 0 Å². The molecule has 0 atom stereocenters. The Bertz CT molecular complexity index is 431. The highest BCUT2D eigenvalue weighted by atomic mass is 32.2. The number of fused-ring (bicyclic) bond motifs is 1. The van der Waals surface area contributed by atoms with Crippen LogP contribution >= 0.6 is 11.8 Å². The Balaban J connectivity index is 1.73. The van der Waals surface area contributed by atoms with E-state index in [4.69, 9.17) is 4.74 Å². The summed E-state index contributed by atoms with van der Waals surface area (Å²) in [5.74, 6) is 1.81. The average molecular weight is 220 g/mol. The lowest BCUT2D eigenvalue weighted by molar-refractivity contribution is -0.0196. The SMILES string of the molecule is c1ccc2[nH]c(SCC3COC3)nc2c1. The van der Waals surface area contributed by atoms with Crippen LogP contribution in [0.5, 0.6) is 0 Å². The lowest BCUT2D eigenvalue weighted by Crippen LogP contribution is -2.29. The van der Waals surface area contributed by atoms with Gasteiger partial charge in [0.05, 0.1) is 24.2 Å². The van der Waals surface area contributed by atoms with Gasteiger partial charge in [0.1, 0.15) is 0 Å². The Morgan fingerprint density at radius 1 is 1.40 bits per heavy atom. The van der Waals surface area contributed by atoms with Gasteiger partial charge in [-0.15, -0.1) is 0 Å². The molecule has 0 radical (unpaired) electrons. The molecule has 1 aromatic carbocycles. The van der Waals surface area contributed by atoms with Crippen LogP contribution in [0.15, 0.2) is 29.4 Å². The molecule has 2 aromatic rings. The van der Waals surface area contributed by atoms with Crippen molar-refractivity contribution in [2.45, 2.75) is 5.16 Å². The van der Waals surface area contributed by atoms with Gasteiger partial charge in [-0.3, -0.25) is 0 Å². The summed E-state index contributed by atoms with van der Waals surface area (Å²) >= 11 is 1.78. The van der Waals surface area contributed by atoms with Crippen LogP contribution in [0.1, 0.15) is 0 Å². The Morgan fingerprint density at radius 3 is 3.00 bits per heavy atom. The molecule has 1 N–H and O–H groups in total. The molecule has 3 rings (SSSR count). The van der Waals surface area contributed by atoms with E-state index in [1.807, 2.05) is 18.2 Å². The van der Waals surface area contributed by atoms with Gasteiger partial charge in [-0.25, -0.2) is 4.98 Å². The van der Waals surface area contributed by atoms with E-state index in [1.165, 1.54) is 0 Å². The van der Waals surface area contributed by atoms with Crippen LogP contribution in [0.2, 0.25) is 0 Å². The number of aromatic nitrogens is 2. The van der Waals surface area contributed by atoms with E-state index in [0.29, 0.717) is 5.92 Å². The molecule has 0 unspecified atom stereocenters. The molecular formula is C11H12N2OS. The van der Waals surface area contributed by atoms with Crippen molar-refractivity contribution in [1.29, 1.82) is 0 Å². The third-order valence-corrected chi connectivity index (χ3v) is 3.64. The Kier molecular flexibility index (Phi) is 2.38. The minimum absolute atomic E-state index is 0.711. The van der Waals surface area contributed by atoms with Gasteiger partial charge < -0.3 is 9.72 Å².